The Morgan fingerprint density at radius 3 is 2.73 bits per heavy atom. The van der Waals surface area contributed by atoms with Crippen LogP contribution in [0.5, 0.6) is 5.75 Å². The van der Waals surface area contributed by atoms with Crippen LogP contribution in [0.4, 0.5) is 0 Å². The molecule has 1 aliphatic carbocycles. The van der Waals surface area contributed by atoms with Crippen LogP contribution < -0.4 is 5.32 Å². The second-order valence-electron chi connectivity index (χ2n) is 4.41. The summed E-state index contributed by atoms with van der Waals surface area (Å²) in [6.45, 7) is 4.33. The van der Waals surface area contributed by atoms with Crippen LogP contribution in [-0.4, -0.2) is 11.1 Å². The van der Waals surface area contributed by atoms with E-state index in [1.54, 1.807) is 6.07 Å². The van der Waals surface area contributed by atoms with Crippen LogP contribution in [0, 0.1) is 5.92 Å². The molecule has 3 atom stereocenters. The molecule has 0 spiro atoms. The summed E-state index contributed by atoms with van der Waals surface area (Å²) in [7, 11) is 0. The van der Waals surface area contributed by atoms with Gasteiger partial charge in [-0.15, -0.1) is 0 Å². The SMILES string of the molecule is CC(NC1CC1C)c1ccc(Br)cc1O. The number of rotatable bonds is 3. The Hall–Kier alpha value is -0.540. The highest BCUT2D eigenvalue weighted by molar-refractivity contribution is 9.10. The zero-order valence-corrected chi connectivity index (χ0v) is 10.6. The number of phenols is 1. The molecule has 0 amide bonds. The summed E-state index contributed by atoms with van der Waals surface area (Å²) in [6.07, 6.45) is 1.25. The normalized spacial score (nSPS) is 26.3. The molecule has 0 heterocycles. The van der Waals surface area contributed by atoms with Crippen LogP contribution in [0.25, 0.3) is 0 Å². The average Bonchev–Trinajstić information content (AvgIpc) is 2.81. The summed E-state index contributed by atoms with van der Waals surface area (Å²) < 4.78 is 0.913. The van der Waals surface area contributed by atoms with Crippen molar-refractivity contribution in [2.24, 2.45) is 5.92 Å². The van der Waals surface area contributed by atoms with Crippen LogP contribution in [-0.2, 0) is 0 Å². The number of hydrogen-bond acceptors (Lipinski definition) is 2. The summed E-state index contributed by atoms with van der Waals surface area (Å²) in [5, 5.41) is 13.3. The topological polar surface area (TPSA) is 32.3 Å². The minimum atomic E-state index is 0.216. The summed E-state index contributed by atoms with van der Waals surface area (Å²) >= 11 is 3.34. The largest absolute Gasteiger partial charge is 0.508 e. The van der Waals surface area contributed by atoms with Crippen molar-refractivity contribution < 1.29 is 5.11 Å². The molecule has 2 rings (SSSR count). The Balaban J connectivity index is 2.07. The highest BCUT2D eigenvalue weighted by Crippen LogP contribution is 2.34. The van der Waals surface area contributed by atoms with Crippen molar-refractivity contribution in [3.05, 3.63) is 28.2 Å². The maximum absolute atomic E-state index is 9.79. The highest BCUT2D eigenvalue weighted by Gasteiger charge is 2.33. The Labute approximate surface area is 98.8 Å². The number of phenolic OH excluding ortho intramolecular Hbond substituents is 1. The number of nitrogens with one attached hydrogen (secondary N) is 1. The maximum atomic E-state index is 9.79. The van der Waals surface area contributed by atoms with Crippen LogP contribution in [0.3, 0.4) is 0 Å². The molecular weight excluding hydrogens is 254 g/mol. The van der Waals surface area contributed by atoms with E-state index < -0.39 is 0 Å². The van der Waals surface area contributed by atoms with Crippen molar-refractivity contribution in [2.75, 3.05) is 0 Å². The van der Waals surface area contributed by atoms with Crippen molar-refractivity contribution in [1.82, 2.24) is 5.32 Å². The van der Waals surface area contributed by atoms with Gasteiger partial charge in [-0.25, -0.2) is 0 Å². The first-order valence-corrected chi connectivity index (χ1v) is 6.11. The van der Waals surface area contributed by atoms with Crippen molar-refractivity contribution in [3.8, 4) is 5.75 Å². The van der Waals surface area contributed by atoms with Gasteiger partial charge < -0.3 is 10.4 Å². The zero-order valence-electron chi connectivity index (χ0n) is 9.00. The fourth-order valence-corrected chi connectivity index (χ4v) is 2.20. The van der Waals surface area contributed by atoms with Gasteiger partial charge in [-0.2, -0.15) is 0 Å². The fourth-order valence-electron chi connectivity index (χ4n) is 1.85. The Morgan fingerprint density at radius 2 is 2.20 bits per heavy atom. The molecule has 0 bridgehead atoms. The molecule has 0 aliphatic heterocycles. The second-order valence-corrected chi connectivity index (χ2v) is 5.33. The van der Waals surface area contributed by atoms with E-state index in [9.17, 15) is 5.11 Å². The quantitative estimate of drug-likeness (QED) is 0.883. The Kier molecular flexibility index (Phi) is 3.03. The Bertz CT molecular complexity index is 367. The van der Waals surface area contributed by atoms with Gasteiger partial charge in [0.2, 0.25) is 0 Å². The van der Waals surface area contributed by atoms with Gasteiger partial charge in [-0.3, -0.25) is 0 Å². The molecule has 0 aromatic heterocycles. The van der Waals surface area contributed by atoms with Gasteiger partial charge in [-0.05, 0) is 31.4 Å². The van der Waals surface area contributed by atoms with E-state index >= 15 is 0 Å². The molecule has 1 aromatic carbocycles. The standard InChI is InChI=1S/C12H16BrNO/c1-7-5-11(7)14-8(2)10-4-3-9(13)6-12(10)15/h3-4,6-8,11,14-15H,5H2,1-2H3. The molecule has 1 fully saturated rings. The summed E-state index contributed by atoms with van der Waals surface area (Å²) in [6, 6.07) is 6.51. The number of hydrogen-bond donors (Lipinski definition) is 2. The molecule has 82 valence electrons. The lowest BCUT2D eigenvalue weighted by atomic mass is 10.1. The predicted octanol–water partition coefficient (Wildman–Crippen LogP) is 3.21. The first kappa shape index (κ1) is 11.0. The van der Waals surface area contributed by atoms with E-state index in [0.29, 0.717) is 11.8 Å². The van der Waals surface area contributed by atoms with Crippen molar-refractivity contribution >= 4 is 15.9 Å². The van der Waals surface area contributed by atoms with Crippen molar-refractivity contribution in [3.63, 3.8) is 0 Å². The molecule has 0 saturated heterocycles. The van der Waals surface area contributed by atoms with Crippen LogP contribution in [0.15, 0.2) is 22.7 Å². The fraction of sp³-hybridized carbons (Fsp3) is 0.500. The van der Waals surface area contributed by atoms with Gasteiger partial charge in [0.05, 0.1) is 0 Å². The molecule has 1 aliphatic rings. The molecular formula is C12H16BrNO. The third-order valence-corrected chi connectivity index (χ3v) is 3.53. The van der Waals surface area contributed by atoms with Gasteiger partial charge in [0.1, 0.15) is 5.75 Å². The molecule has 0 radical (unpaired) electrons. The molecule has 15 heavy (non-hydrogen) atoms. The van der Waals surface area contributed by atoms with Crippen LogP contribution in [0.2, 0.25) is 0 Å². The van der Waals surface area contributed by atoms with E-state index in [4.69, 9.17) is 0 Å². The number of halogens is 1. The minimum absolute atomic E-state index is 0.216. The van der Waals surface area contributed by atoms with E-state index in [1.807, 2.05) is 12.1 Å². The first-order chi connectivity index (χ1) is 7.08. The lowest BCUT2D eigenvalue weighted by Gasteiger charge is -2.15. The van der Waals surface area contributed by atoms with E-state index in [2.05, 4.69) is 35.1 Å². The summed E-state index contributed by atoms with van der Waals surface area (Å²) in [5.41, 5.74) is 0.970. The van der Waals surface area contributed by atoms with Crippen LogP contribution in [0.1, 0.15) is 31.9 Å². The molecule has 2 nitrogen and oxygen atoms in total. The minimum Gasteiger partial charge on any atom is -0.508 e. The van der Waals surface area contributed by atoms with E-state index in [1.165, 1.54) is 6.42 Å². The molecule has 2 N–H and O–H groups in total. The number of benzene rings is 1. The maximum Gasteiger partial charge on any atom is 0.121 e. The van der Waals surface area contributed by atoms with Crippen molar-refractivity contribution in [1.29, 1.82) is 0 Å². The van der Waals surface area contributed by atoms with E-state index in [-0.39, 0.29) is 6.04 Å². The van der Waals surface area contributed by atoms with Gasteiger partial charge in [0.25, 0.3) is 0 Å². The van der Waals surface area contributed by atoms with Gasteiger partial charge >= 0.3 is 0 Å². The molecule has 3 unspecified atom stereocenters. The molecule has 1 aromatic rings. The monoisotopic (exact) mass is 269 g/mol. The highest BCUT2D eigenvalue weighted by atomic mass is 79.9. The second kappa shape index (κ2) is 4.14. The zero-order chi connectivity index (χ0) is 11.0. The number of aromatic hydroxyl groups is 1. The van der Waals surface area contributed by atoms with E-state index in [0.717, 1.165) is 16.0 Å². The molecule has 3 heteroatoms. The summed E-state index contributed by atoms with van der Waals surface area (Å²) in [4.78, 5) is 0. The van der Waals surface area contributed by atoms with Crippen LogP contribution >= 0.6 is 15.9 Å². The average molecular weight is 270 g/mol. The third kappa shape index (κ3) is 2.52. The Morgan fingerprint density at radius 1 is 1.53 bits per heavy atom. The smallest absolute Gasteiger partial charge is 0.121 e. The predicted molar refractivity (Wildman–Crippen MR) is 64.9 cm³/mol. The lowest BCUT2D eigenvalue weighted by molar-refractivity contribution is 0.450. The lowest BCUT2D eigenvalue weighted by Crippen LogP contribution is -2.22. The molecule has 1 saturated carbocycles. The van der Waals surface area contributed by atoms with Gasteiger partial charge in [0.15, 0.2) is 0 Å². The summed E-state index contributed by atoms with van der Waals surface area (Å²) in [5.74, 6) is 1.14. The van der Waals surface area contributed by atoms with Gasteiger partial charge in [0, 0.05) is 22.1 Å². The van der Waals surface area contributed by atoms with Gasteiger partial charge in [-0.1, -0.05) is 28.9 Å². The third-order valence-electron chi connectivity index (χ3n) is 3.03. The van der Waals surface area contributed by atoms with Crippen molar-refractivity contribution in [2.45, 2.75) is 32.4 Å². The first-order valence-electron chi connectivity index (χ1n) is 5.32.